The Labute approximate surface area is 72.6 Å². The summed E-state index contributed by atoms with van der Waals surface area (Å²) in [6.45, 7) is 4.20. The summed E-state index contributed by atoms with van der Waals surface area (Å²) in [5, 5.41) is 11.9. The Morgan fingerprint density at radius 2 is 2.50 bits per heavy atom. The SMILES string of the molecule is CCN1CCCNC(CO)C1=O. The molecule has 0 spiro atoms. The number of carbonyl (C=O) groups is 1. The summed E-state index contributed by atoms with van der Waals surface area (Å²) in [5.41, 5.74) is 0. The lowest BCUT2D eigenvalue weighted by Crippen LogP contribution is -2.45. The molecule has 1 aliphatic rings. The molecule has 1 rings (SSSR count). The van der Waals surface area contributed by atoms with Crippen molar-refractivity contribution in [3.8, 4) is 0 Å². The monoisotopic (exact) mass is 172 g/mol. The molecule has 12 heavy (non-hydrogen) atoms. The molecule has 1 atom stereocenters. The first-order valence-electron chi connectivity index (χ1n) is 4.42. The van der Waals surface area contributed by atoms with Crippen molar-refractivity contribution in [3.63, 3.8) is 0 Å². The van der Waals surface area contributed by atoms with Crippen LogP contribution < -0.4 is 5.32 Å². The Morgan fingerprint density at radius 1 is 1.75 bits per heavy atom. The number of aliphatic hydroxyl groups is 1. The maximum Gasteiger partial charge on any atom is 0.242 e. The Bertz CT molecular complexity index is 145. The molecular formula is C8H16N2O2. The molecule has 1 amide bonds. The highest BCUT2D eigenvalue weighted by Crippen LogP contribution is 2.01. The summed E-state index contributed by atoms with van der Waals surface area (Å²) in [4.78, 5) is 13.3. The second kappa shape index (κ2) is 4.42. The fourth-order valence-corrected chi connectivity index (χ4v) is 1.42. The molecule has 1 aliphatic heterocycles. The number of amides is 1. The van der Waals surface area contributed by atoms with Gasteiger partial charge in [-0.05, 0) is 19.9 Å². The number of likely N-dealkylation sites (N-methyl/N-ethyl adjacent to an activating group) is 1. The van der Waals surface area contributed by atoms with Crippen molar-refractivity contribution < 1.29 is 9.90 Å². The lowest BCUT2D eigenvalue weighted by Gasteiger charge is -2.21. The van der Waals surface area contributed by atoms with Crippen molar-refractivity contribution in [2.75, 3.05) is 26.2 Å². The summed E-state index contributed by atoms with van der Waals surface area (Å²) < 4.78 is 0. The topological polar surface area (TPSA) is 52.6 Å². The third-order valence-electron chi connectivity index (χ3n) is 2.17. The molecule has 1 saturated heterocycles. The molecule has 4 heteroatoms. The number of hydrogen-bond acceptors (Lipinski definition) is 3. The Hall–Kier alpha value is -0.610. The second-order valence-electron chi connectivity index (χ2n) is 2.96. The van der Waals surface area contributed by atoms with Gasteiger partial charge in [0.2, 0.25) is 5.91 Å². The predicted molar refractivity (Wildman–Crippen MR) is 45.7 cm³/mol. The lowest BCUT2D eigenvalue weighted by molar-refractivity contribution is -0.133. The minimum Gasteiger partial charge on any atom is -0.394 e. The normalized spacial score (nSPS) is 25.7. The van der Waals surface area contributed by atoms with E-state index in [1.165, 1.54) is 0 Å². The molecule has 70 valence electrons. The zero-order chi connectivity index (χ0) is 8.97. The van der Waals surface area contributed by atoms with E-state index >= 15 is 0 Å². The van der Waals surface area contributed by atoms with E-state index in [-0.39, 0.29) is 18.6 Å². The molecule has 0 saturated carbocycles. The molecule has 0 radical (unpaired) electrons. The number of nitrogens with one attached hydrogen (secondary N) is 1. The third-order valence-corrected chi connectivity index (χ3v) is 2.17. The smallest absolute Gasteiger partial charge is 0.242 e. The van der Waals surface area contributed by atoms with Crippen LogP contribution in [-0.2, 0) is 4.79 Å². The van der Waals surface area contributed by atoms with Gasteiger partial charge in [-0.25, -0.2) is 0 Å². The van der Waals surface area contributed by atoms with Crippen LogP contribution in [0.4, 0.5) is 0 Å². The van der Waals surface area contributed by atoms with Crippen molar-refractivity contribution in [1.82, 2.24) is 10.2 Å². The minimum absolute atomic E-state index is 0.0255. The molecule has 1 heterocycles. The third kappa shape index (κ3) is 1.95. The van der Waals surface area contributed by atoms with Crippen LogP contribution in [0.2, 0.25) is 0 Å². The highest BCUT2D eigenvalue weighted by Gasteiger charge is 2.24. The van der Waals surface area contributed by atoms with E-state index in [1.54, 1.807) is 4.90 Å². The lowest BCUT2D eigenvalue weighted by atomic mass is 10.3. The number of aliphatic hydroxyl groups excluding tert-OH is 1. The molecule has 0 aromatic heterocycles. The highest BCUT2D eigenvalue weighted by molar-refractivity contribution is 5.82. The number of hydrogen-bond donors (Lipinski definition) is 2. The predicted octanol–water partition coefficient (Wildman–Crippen LogP) is -0.811. The van der Waals surface area contributed by atoms with Crippen LogP contribution in [0.15, 0.2) is 0 Å². The number of nitrogens with zero attached hydrogens (tertiary/aromatic N) is 1. The molecule has 0 aliphatic carbocycles. The minimum atomic E-state index is -0.382. The highest BCUT2D eigenvalue weighted by atomic mass is 16.3. The standard InChI is InChI=1S/C8H16N2O2/c1-2-10-5-3-4-9-7(6-11)8(10)12/h7,9,11H,2-6H2,1H3. The molecular weight excluding hydrogens is 156 g/mol. The van der Waals surface area contributed by atoms with Gasteiger partial charge in [0.1, 0.15) is 6.04 Å². The van der Waals surface area contributed by atoms with E-state index in [0.717, 1.165) is 26.1 Å². The van der Waals surface area contributed by atoms with E-state index in [4.69, 9.17) is 5.11 Å². The van der Waals surface area contributed by atoms with Crippen molar-refractivity contribution in [3.05, 3.63) is 0 Å². The van der Waals surface area contributed by atoms with E-state index in [2.05, 4.69) is 5.32 Å². The van der Waals surface area contributed by atoms with Gasteiger partial charge in [-0.1, -0.05) is 0 Å². The maximum absolute atomic E-state index is 11.5. The summed E-state index contributed by atoms with van der Waals surface area (Å²) in [5.74, 6) is 0.0255. The van der Waals surface area contributed by atoms with E-state index < -0.39 is 0 Å². The van der Waals surface area contributed by atoms with Crippen LogP contribution in [0.1, 0.15) is 13.3 Å². The van der Waals surface area contributed by atoms with Crippen molar-refractivity contribution in [1.29, 1.82) is 0 Å². The first-order chi connectivity index (χ1) is 5.79. The Kier molecular flexibility index (Phi) is 3.49. The average molecular weight is 172 g/mol. The van der Waals surface area contributed by atoms with Crippen LogP contribution in [0.25, 0.3) is 0 Å². The molecule has 0 aromatic rings. The van der Waals surface area contributed by atoms with Gasteiger partial charge in [0.05, 0.1) is 6.61 Å². The summed E-state index contributed by atoms with van der Waals surface area (Å²) in [6, 6.07) is -0.382. The van der Waals surface area contributed by atoms with Gasteiger partial charge >= 0.3 is 0 Å². The zero-order valence-corrected chi connectivity index (χ0v) is 7.42. The Morgan fingerprint density at radius 3 is 3.08 bits per heavy atom. The number of carbonyl (C=O) groups excluding carboxylic acids is 1. The van der Waals surface area contributed by atoms with Crippen molar-refractivity contribution >= 4 is 5.91 Å². The molecule has 2 N–H and O–H groups in total. The van der Waals surface area contributed by atoms with Crippen LogP contribution in [0.5, 0.6) is 0 Å². The van der Waals surface area contributed by atoms with E-state index in [9.17, 15) is 4.79 Å². The average Bonchev–Trinajstić information content (AvgIpc) is 2.27. The number of rotatable bonds is 2. The molecule has 0 bridgehead atoms. The van der Waals surface area contributed by atoms with Crippen molar-refractivity contribution in [2.24, 2.45) is 0 Å². The second-order valence-corrected chi connectivity index (χ2v) is 2.96. The van der Waals surface area contributed by atoms with Crippen LogP contribution >= 0.6 is 0 Å². The van der Waals surface area contributed by atoms with Crippen LogP contribution in [-0.4, -0.2) is 48.2 Å². The molecule has 4 nitrogen and oxygen atoms in total. The van der Waals surface area contributed by atoms with Gasteiger partial charge in [0, 0.05) is 13.1 Å². The molecule has 0 aromatic carbocycles. The summed E-state index contributed by atoms with van der Waals surface area (Å²) >= 11 is 0. The van der Waals surface area contributed by atoms with Gasteiger partial charge in [0.15, 0.2) is 0 Å². The van der Waals surface area contributed by atoms with E-state index in [0.29, 0.717) is 0 Å². The van der Waals surface area contributed by atoms with E-state index in [1.807, 2.05) is 6.92 Å². The zero-order valence-electron chi connectivity index (χ0n) is 7.42. The largest absolute Gasteiger partial charge is 0.394 e. The van der Waals surface area contributed by atoms with Gasteiger partial charge in [-0.2, -0.15) is 0 Å². The quantitative estimate of drug-likeness (QED) is 0.573. The molecule has 1 unspecified atom stereocenters. The maximum atomic E-state index is 11.5. The molecule has 1 fully saturated rings. The fourth-order valence-electron chi connectivity index (χ4n) is 1.42. The summed E-state index contributed by atoms with van der Waals surface area (Å²) in [7, 11) is 0. The van der Waals surface area contributed by atoms with Crippen LogP contribution in [0.3, 0.4) is 0 Å². The first kappa shape index (κ1) is 9.48. The van der Waals surface area contributed by atoms with Gasteiger partial charge in [-0.15, -0.1) is 0 Å². The van der Waals surface area contributed by atoms with Gasteiger partial charge in [-0.3, -0.25) is 4.79 Å². The van der Waals surface area contributed by atoms with Crippen molar-refractivity contribution in [2.45, 2.75) is 19.4 Å². The first-order valence-corrected chi connectivity index (χ1v) is 4.42. The van der Waals surface area contributed by atoms with Crippen LogP contribution in [0, 0.1) is 0 Å². The van der Waals surface area contributed by atoms with Gasteiger partial charge in [0.25, 0.3) is 0 Å². The van der Waals surface area contributed by atoms with Gasteiger partial charge < -0.3 is 15.3 Å². The fraction of sp³-hybridized carbons (Fsp3) is 0.875. The Balaban J connectivity index is 2.59. The summed E-state index contributed by atoms with van der Waals surface area (Å²) in [6.07, 6.45) is 0.968.